The summed E-state index contributed by atoms with van der Waals surface area (Å²) in [6.07, 6.45) is 1.27. The van der Waals surface area contributed by atoms with Gasteiger partial charge in [-0.25, -0.2) is 14.4 Å². The number of carbonyl (C=O) groups is 5. The molecule has 46 heavy (non-hydrogen) atoms. The van der Waals surface area contributed by atoms with Gasteiger partial charge in [-0.3, -0.25) is 9.59 Å². The van der Waals surface area contributed by atoms with Gasteiger partial charge in [-0.1, -0.05) is 26.0 Å². The van der Waals surface area contributed by atoms with Gasteiger partial charge in [0.25, 0.3) is 0 Å². The van der Waals surface area contributed by atoms with Crippen LogP contribution in [0.5, 0.6) is 0 Å². The van der Waals surface area contributed by atoms with E-state index in [-0.39, 0.29) is 50.4 Å². The summed E-state index contributed by atoms with van der Waals surface area (Å²) in [5, 5.41) is 12.5. The number of amides is 1. The number of carbonyl (C=O) groups excluding carboxylic acids is 5. The SMILES string of the molecule is CC(C)(C)OC(=O)CCC(CO)NC(=O)C1=CC2OCOC2C(OC(=O)c2cccc(C=CC(=O)OC3C(=O)OCC3(C)C)c2)C1. The number of nitrogens with one attached hydrogen (secondary N) is 1. The third-order valence-electron chi connectivity index (χ3n) is 7.50. The van der Waals surface area contributed by atoms with Crippen LogP contribution in [0.3, 0.4) is 0 Å². The Labute approximate surface area is 267 Å². The molecule has 2 saturated heterocycles. The number of rotatable bonds is 11. The highest BCUT2D eigenvalue weighted by atomic mass is 16.7. The number of fused-ring (bicyclic) bond motifs is 1. The second-order valence-corrected chi connectivity index (χ2v) is 13.1. The van der Waals surface area contributed by atoms with Crippen LogP contribution in [0.4, 0.5) is 0 Å². The van der Waals surface area contributed by atoms with Gasteiger partial charge in [0.2, 0.25) is 12.0 Å². The second kappa shape index (κ2) is 14.6. The van der Waals surface area contributed by atoms with E-state index in [1.54, 1.807) is 58.9 Å². The molecular formula is C33H41NO12. The molecule has 5 atom stereocenters. The van der Waals surface area contributed by atoms with Crippen LogP contribution in [0.25, 0.3) is 6.08 Å². The smallest absolute Gasteiger partial charge is 0.348 e. The third kappa shape index (κ3) is 9.24. The molecule has 5 unspecified atom stereocenters. The summed E-state index contributed by atoms with van der Waals surface area (Å²) in [6, 6.07) is 5.65. The molecule has 1 aromatic carbocycles. The Morgan fingerprint density at radius 2 is 1.91 bits per heavy atom. The molecule has 0 radical (unpaired) electrons. The molecular weight excluding hydrogens is 602 g/mol. The first kappa shape index (κ1) is 34.8. The lowest BCUT2D eigenvalue weighted by Crippen LogP contribution is -2.45. The van der Waals surface area contributed by atoms with E-state index in [0.717, 1.165) is 6.08 Å². The number of aliphatic hydroxyl groups excluding tert-OH is 1. The van der Waals surface area contributed by atoms with Gasteiger partial charge < -0.3 is 38.8 Å². The van der Waals surface area contributed by atoms with Gasteiger partial charge in [-0.05, 0) is 57.0 Å². The van der Waals surface area contributed by atoms with E-state index < -0.39 is 71.3 Å². The standard InChI is InChI=1S/C33H41NO12/c1-32(2,3)46-26(37)12-10-22(16-35)34-29(38)21-14-23-27(43-18-42-23)24(15-21)44-30(39)20-8-6-7-19(13-20)9-11-25(36)45-28-31(40)41-17-33(28,4)5/h6-9,11,13-14,22-24,27-28,35H,10,12,15-18H2,1-5H3,(H,34,38). The zero-order chi connectivity index (χ0) is 33.6. The van der Waals surface area contributed by atoms with E-state index in [0.29, 0.717) is 5.56 Å². The molecule has 1 aliphatic carbocycles. The maximum absolute atomic E-state index is 13.2. The molecule has 13 heteroatoms. The van der Waals surface area contributed by atoms with Gasteiger partial charge in [0, 0.05) is 29.9 Å². The molecule has 0 saturated carbocycles. The normalized spacial score (nSPS) is 24.4. The van der Waals surface area contributed by atoms with Crippen molar-refractivity contribution in [1.82, 2.24) is 5.32 Å². The van der Waals surface area contributed by atoms with Crippen molar-refractivity contribution >= 4 is 35.9 Å². The molecule has 2 N–H and O–H groups in total. The van der Waals surface area contributed by atoms with E-state index in [9.17, 15) is 29.1 Å². The second-order valence-electron chi connectivity index (χ2n) is 13.1. The van der Waals surface area contributed by atoms with Crippen LogP contribution < -0.4 is 5.32 Å². The Kier molecular flexibility index (Phi) is 11.0. The molecule has 0 bridgehead atoms. The average Bonchev–Trinajstić information content (AvgIpc) is 3.57. The fourth-order valence-electron chi connectivity index (χ4n) is 5.13. The number of hydrogen-bond donors (Lipinski definition) is 2. The number of esters is 4. The molecule has 1 amide bonds. The van der Waals surface area contributed by atoms with E-state index in [2.05, 4.69) is 5.32 Å². The van der Waals surface area contributed by atoms with Crippen molar-refractivity contribution in [2.75, 3.05) is 20.0 Å². The van der Waals surface area contributed by atoms with Gasteiger partial charge in [0.1, 0.15) is 37.3 Å². The molecule has 1 aromatic rings. The molecule has 2 fully saturated rings. The quantitative estimate of drug-likeness (QED) is 0.205. The molecule has 3 aliphatic rings. The first-order chi connectivity index (χ1) is 21.6. The highest BCUT2D eigenvalue weighted by molar-refractivity contribution is 5.95. The molecule has 250 valence electrons. The lowest BCUT2D eigenvalue weighted by atomic mass is 9.90. The van der Waals surface area contributed by atoms with Crippen molar-refractivity contribution in [3.05, 3.63) is 53.1 Å². The number of ether oxygens (including phenoxy) is 6. The molecule has 0 spiro atoms. The van der Waals surface area contributed by atoms with Crippen LogP contribution >= 0.6 is 0 Å². The molecule has 4 rings (SSSR count). The van der Waals surface area contributed by atoms with E-state index in [4.69, 9.17) is 28.4 Å². The predicted molar refractivity (Wildman–Crippen MR) is 161 cm³/mol. The average molecular weight is 644 g/mol. The first-order valence-corrected chi connectivity index (χ1v) is 15.1. The monoisotopic (exact) mass is 643 g/mol. The Hall–Kier alpha value is -4.07. The van der Waals surface area contributed by atoms with Crippen LogP contribution in [-0.2, 0) is 47.6 Å². The summed E-state index contributed by atoms with van der Waals surface area (Å²) in [4.78, 5) is 62.7. The van der Waals surface area contributed by atoms with Crippen molar-refractivity contribution in [2.45, 2.75) is 89.9 Å². The highest BCUT2D eigenvalue weighted by Crippen LogP contribution is 2.32. The van der Waals surface area contributed by atoms with Crippen molar-refractivity contribution in [3.63, 3.8) is 0 Å². The van der Waals surface area contributed by atoms with Gasteiger partial charge in [0.05, 0.1) is 18.2 Å². The Bertz CT molecular complexity index is 1390. The van der Waals surface area contributed by atoms with Gasteiger partial charge in [0.15, 0.2) is 0 Å². The maximum Gasteiger partial charge on any atom is 0.348 e. The molecule has 2 heterocycles. The van der Waals surface area contributed by atoms with Gasteiger partial charge in [-0.2, -0.15) is 0 Å². The van der Waals surface area contributed by atoms with Gasteiger partial charge >= 0.3 is 23.9 Å². The fraction of sp³-hybridized carbons (Fsp3) is 0.545. The molecule has 13 nitrogen and oxygen atoms in total. The summed E-state index contributed by atoms with van der Waals surface area (Å²) in [5.41, 5.74) is -0.317. The van der Waals surface area contributed by atoms with Crippen LogP contribution in [0.2, 0.25) is 0 Å². The third-order valence-corrected chi connectivity index (χ3v) is 7.50. The number of benzene rings is 1. The summed E-state index contributed by atoms with van der Waals surface area (Å²) in [7, 11) is 0. The van der Waals surface area contributed by atoms with Crippen molar-refractivity contribution in [3.8, 4) is 0 Å². The number of cyclic esters (lactones) is 1. The van der Waals surface area contributed by atoms with Crippen molar-refractivity contribution in [2.24, 2.45) is 5.41 Å². The Morgan fingerprint density at radius 3 is 2.59 bits per heavy atom. The summed E-state index contributed by atoms with van der Waals surface area (Å²) in [6.45, 7) is 8.50. The van der Waals surface area contributed by atoms with Crippen molar-refractivity contribution < 1.29 is 57.5 Å². The van der Waals surface area contributed by atoms with E-state index in [1.807, 2.05) is 0 Å². The minimum Gasteiger partial charge on any atom is -0.462 e. The predicted octanol–water partition coefficient (Wildman–Crippen LogP) is 2.39. The zero-order valence-corrected chi connectivity index (χ0v) is 26.6. The minimum atomic E-state index is -1.01. The fourth-order valence-corrected chi connectivity index (χ4v) is 5.13. The van der Waals surface area contributed by atoms with E-state index in [1.165, 1.54) is 12.1 Å². The van der Waals surface area contributed by atoms with Crippen LogP contribution in [0, 0.1) is 5.41 Å². The van der Waals surface area contributed by atoms with Crippen LogP contribution in [-0.4, -0.2) is 91.0 Å². The summed E-state index contributed by atoms with van der Waals surface area (Å²) < 4.78 is 32.6. The molecule has 0 aromatic heterocycles. The molecule has 2 aliphatic heterocycles. The number of aliphatic hydroxyl groups is 1. The topological polar surface area (TPSA) is 173 Å². The zero-order valence-electron chi connectivity index (χ0n) is 26.6. The Morgan fingerprint density at radius 1 is 1.15 bits per heavy atom. The highest BCUT2D eigenvalue weighted by Gasteiger charge is 2.46. The Balaban J connectivity index is 1.36. The largest absolute Gasteiger partial charge is 0.462 e. The number of hydrogen-bond acceptors (Lipinski definition) is 12. The summed E-state index contributed by atoms with van der Waals surface area (Å²) >= 11 is 0. The maximum atomic E-state index is 13.2. The lowest BCUT2D eigenvalue weighted by Gasteiger charge is -2.30. The van der Waals surface area contributed by atoms with E-state index >= 15 is 0 Å². The van der Waals surface area contributed by atoms with Crippen LogP contribution in [0.15, 0.2) is 42.0 Å². The summed E-state index contributed by atoms with van der Waals surface area (Å²) in [5.74, 6) is -2.95. The van der Waals surface area contributed by atoms with Gasteiger partial charge in [-0.15, -0.1) is 0 Å². The minimum absolute atomic E-state index is 0.00643. The van der Waals surface area contributed by atoms with Crippen molar-refractivity contribution in [1.29, 1.82) is 0 Å². The first-order valence-electron chi connectivity index (χ1n) is 15.1. The lowest BCUT2D eigenvalue weighted by molar-refractivity contribution is -0.159. The van der Waals surface area contributed by atoms with Crippen LogP contribution in [0.1, 0.15) is 69.8 Å².